The minimum absolute atomic E-state index is 0.0622. The number of aliphatic hydroxyl groups excluding tert-OH is 1. The number of urea groups is 1. The fourth-order valence-electron chi connectivity index (χ4n) is 2.45. The maximum absolute atomic E-state index is 11.9. The number of aliphatic carboxylic acids is 1. The van der Waals surface area contributed by atoms with Gasteiger partial charge in [0, 0.05) is 26.2 Å². The summed E-state index contributed by atoms with van der Waals surface area (Å²) in [6.45, 7) is 3.47. The van der Waals surface area contributed by atoms with E-state index in [1.165, 1.54) is 0 Å². The van der Waals surface area contributed by atoms with Crippen LogP contribution in [0.5, 0.6) is 0 Å². The third-order valence-electron chi connectivity index (χ3n) is 3.81. The zero-order valence-corrected chi connectivity index (χ0v) is 11.5. The zero-order valence-electron chi connectivity index (χ0n) is 11.5. The summed E-state index contributed by atoms with van der Waals surface area (Å²) in [7, 11) is 0. The summed E-state index contributed by atoms with van der Waals surface area (Å²) in [4.78, 5) is 24.4. The molecule has 1 fully saturated rings. The normalized spacial score (nSPS) is 16.5. The lowest BCUT2D eigenvalue weighted by Crippen LogP contribution is -2.48. The molecule has 0 aromatic carbocycles. The summed E-state index contributed by atoms with van der Waals surface area (Å²) in [5.74, 6) is -0.804. The quantitative estimate of drug-likeness (QED) is 0.616. The van der Waals surface area contributed by atoms with Crippen LogP contribution in [0.4, 0.5) is 4.79 Å². The largest absolute Gasteiger partial charge is 0.481 e. The molecule has 19 heavy (non-hydrogen) atoms. The molecule has 2 amide bonds. The molecule has 0 aliphatic heterocycles. The van der Waals surface area contributed by atoms with Gasteiger partial charge in [0.1, 0.15) is 0 Å². The molecule has 0 bridgehead atoms. The van der Waals surface area contributed by atoms with Gasteiger partial charge in [-0.3, -0.25) is 4.79 Å². The third-order valence-corrected chi connectivity index (χ3v) is 3.81. The van der Waals surface area contributed by atoms with Crippen LogP contribution in [-0.2, 0) is 4.79 Å². The summed E-state index contributed by atoms with van der Waals surface area (Å²) in [6, 6.07) is -0.174. The Morgan fingerprint density at radius 2 is 2.05 bits per heavy atom. The van der Waals surface area contributed by atoms with Gasteiger partial charge in [0.25, 0.3) is 0 Å². The molecule has 1 aliphatic carbocycles. The molecule has 6 nitrogen and oxygen atoms in total. The lowest BCUT2D eigenvalue weighted by molar-refractivity contribution is -0.141. The highest BCUT2D eigenvalue weighted by Gasteiger charge is 2.39. The Labute approximate surface area is 113 Å². The third kappa shape index (κ3) is 4.70. The minimum Gasteiger partial charge on any atom is -0.481 e. The van der Waals surface area contributed by atoms with Gasteiger partial charge in [0.05, 0.1) is 6.42 Å². The standard InChI is InChI=1S/C13H24N2O4/c1-2-15(7-4-8-16)12(19)14-10-13(5-3-6-13)9-11(17)18/h16H,2-10H2,1H3,(H,14,19)(H,17,18). The second-order valence-corrected chi connectivity index (χ2v) is 5.24. The molecule has 0 unspecified atom stereocenters. The lowest BCUT2D eigenvalue weighted by atomic mass is 9.66. The Balaban J connectivity index is 2.40. The number of nitrogens with zero attached hydrogens (tertiary/aromatic N) is 1. The van der Waals surface area contributed by atoms with E-state index in [0.29, 0.717) is 26.1 Å². The van der Waals surface area contributed by atoms with Crippen LogP contribution in [0.25, 0.3) is 0 Å². The van der Waals surface area contributed by atoms with Crippen LogP contribution in [0.3, 0.4) is 0 Å². The molecule has 0 heterocycles. The minimum atomic E-state index is -0.804. The molecular weight excluding hydrogens is 248 g/mol. The van der Waals surface area contributed by atoms with Gasteiger partial charge in [-0.15, -0.1) is 0 Å². The van der Waals surface area contributed by atoms with E-state index < -0.39 is 5.97 Å². The molecule has 3 N–H and O–H groups in total. The SMILES string of the molecule is CCN(CCCO)C(=O)NCC1(CC(=O)O)CCC1. The van der Waals surface area contributed by atoms with Gasteiger partial charge >= 0.3 is 12.0 Å². The summed E-state index contributed by atoms with van der Waals surface area (Å²) in [5, 5.41) is 20.5. The van der Waals surface area contributed by atoms with Crippen molar-refractivity contribution >= 4 is 12.0 Å². The van der Waals surface area contributed by atoms with E-state index in [1.54, 1.807) is 4.90 Å². The maximum atomic E-state index is 11.9. The topological polar surface area (TPSA) is 89.9 Å². The summed E-state index contributed by atoms with van der Waals surface area (Å²) in [6.07, 6.45) is 3.44. The first kappa shape index (κ1) is 15.8. The Hall–Kier alpha value is -1.30. The molecule has 1 aliphatic rings. The Morgan fingerprint density at radius 3 is 2.47 bits per heavy atom. The number of hydrogen-bond donors (Lipinski definition) is 3. The Bertz CT molecular complexity index is 316. The number of carboxylic acid groups (broad SMARTS) is 1. The highest BCUT2D eigenvalue weighted by molar-refractivity contribution is 5.74. The van der Waals surface area contributed by atoms with Crippen molar-refractivity contribution in [1.82, 2.24) is 10.2 Å². The summed E-state index contributed by atoms with van der Waals surface area (Å²) in [5.41, 5.74) is -0.252. The van der Waals surface area contributed by atoms with E-state index in [2.05, 4.69) is 5.32 Å². The van der Waals surface area contributed by atoms with Crippen molar-refractivity contribution < 1.29 is 19.8 Å². The van der Waals surface area contributed by atoms with Gasteiger partial charge in [-0.05, 0) is 31.6 Å². The molecule has 0 aromatic heterocycles. The van der Waals surface area contributed by atoms with E-state index in [4.69, 9.17) is 10.2 Å². The van der Waals surface area contributed by atoms with E-state index in [-0.39, 0.29) is 24.5 Å². The molecular formula is C13H24N2O4. The van der Waals surface area contributed by atoms with Gasteiger partial charge in [-0.2, -0.15) is 0 Å². The van der Waals surface area contributed by atoms with Crippen LogP contribution >= 0.6 is 0 Å². The van der Waals surface area contributed by atoms with Gasteiger partial charge in [-0.25, -0.2) is 4.79 Å². The Morgan fingerprint density at radius 1 is 1.37 bits per heavy atom. The van der Waals surface area contributed by atoms with Gasteiger partial charge < -0.3 is 20.4 Å². The number of nitrogens with one attached hydrogen (secondary N) is 1. The molecule has 0 aromatic rings. The summed E-state index contributed by atoms with van der Waals surface area (Å²) < 4.78 is 0. The van der Waals surface area contributed by atoms with Gasteiger partial charge in [0.15, 0.2) is 0 Å². The number of hydrogen-bond acceptors (Lipinski definition) is 3. The monoisotopic (exact) mass is 272 g/mol. The smallest absolute Gasteiger partial charge is 0.317 e. The van der Waals surface area contributed by atoms with Crippen LogP contribution in [-0.4, -0.2) is 53.4 Å². The van der Waals surface area contributed by atoms with Crippen molar-refractivity contribution in [2.24, 2.45) is 5.41 Å². The molecule has 0 spiro atoms. The predicted octanol–water partition coefficient (Wildman–Crippen LogP) is 1.05. The second kappa shape index (κ2) is 7.33. The predicted molar refractivity (Wildman–Crippen MR) is 70.9 cm³/mol. The van der Waals surface area contributed by atoms with E-state index >= 15 is 0 Å². The molecule has 6 heteroatoms. The molecule has 0 saturated heterocycles. The molecule has 1 rings (SSSR count). The number of rotatable bonds is 8. The number of amides is 2. The van der Waals surface area contributed by atoms with Crippen LogP contribution in [0, 0.1) is 5.41 Å². The average molecular weight is 272 g/mol. The number of carbonyl (C=O) groups excluding carboxylic acids is 1. The molecule has 0 atom stereocenters. The van der Waals surface area contributed by atoms with Crippen molar-refractivity contribution in [3.63, 3.8) is 0 Å². The molecule has 1 saturated carbocycles. The molecule has 0 radical (unpaired) electrons. The van der Waals surface area contributed by atoms with Crippen molar-refractivity contribution in [2.75, 3.05) is 26.2 Å². The van der Waals surface area contributed by atoms with Gasteiger partial charge in [-0.1, -0.05) is 6.42 Å². The highest BCUT2D eigenvalue weighted by atomic mass is 16.4. The van der Waals surface area contributed by atoms with Crippen molar-refractivity contribution in [1.29, 1.82) is 0 Å². The first-order chi connectivity index (χ1) is 9.03. The highest BCUT2D eigenvalue weighted by Crippen LogP contribution is 2.43. The van der Waals surface area contributed by atoms with E-state index in [9.17, 15) is 9.59 Å². The van der Waals surface area contributed by atoms with E-state index in [1.807, 2.05) is 6.92 Å². The first-order valence-corrected chi connectivity index (χ1v) is 6.88. The van der Waals surface area contributed by atoms with Crippen LogP contribution in [0.1, 0.15) is 39.0 Å². The Kier molecular flexibility index (Phi) is 6.08. The number of carboxylic acids is 1. The average Bonchev–Trinajstić information content (AvgIpc) is 2.33. The van der Waals surface area contributed by atoms with Crippen LogP contribution in [0.2, 0.25) is 0 Å². The van der Waals surface area contributed by atoms with E-state index in [0.717, 1.165) is 19.3 Å². The fourth-order valence-corrected chi connectivity index (χ4v) is 2.45. The number of aliphatic hydroxyl groups is 1. The lowest BCUT2D eigenvalue weighted by Gasteiger charge is -2.41. The zero-order chi connectivity index (χ0) is 14.3. The first-order valence-electron chi connectivity index (χ1n) is 6.88. The van der Waals surface area contributed by atoms with Crippen molar-refractivity contribution in [3.05, 3.63) is 0 Å². The maximum Gasteiger partial charge on any atom is 0.317 e. The summed E-state index contributed by atoms with van der Waals surface area (Å²) >= 11 is 0. The van der Waals surface area contributed by atoms with Crippen LogP contribution < -0.4 is 5.32 Å². The second-order valence-electron chi connectivity index (χ2n) is 5.24. The fraction of sp³-hybridized carbons (Fsp3) is 0.846. The van der Waals surface area contributed by atoms with Gasteiger partial charge in [0.2, 0.25) is 0 Å². The molecule has 110 valence electrons. The van der Waals surface area contributed by atoms with Crippen molar-refractivity contribution in [2.45, 2.75) is 39.0 Å². The van der Waals surface area contributed by atoms with Crippen LogP contribution in [0.15, 0.2) is 0 Å². The van der Waals surface area contributed by atoms with Crippen molar-refractivity contribution in [3.8, 4) is 0 Å². The number of carbonyl (C=O) groups is 2.